The maximum absolute atomic E-state index is 2.33. The van der Waals surface area contributed by atoms with Crippen molar-refractivity contribution in [2.45, 2.75) is 0 Å². The van der Waals surface area contributed by atoms with Crippen molar-refractivity contribution in [2.75, 3.05) is 26.7 Å². The van der Waals surface area contributed by atoms with Crippen LogP contribution in [-0.4, -0.2) is 26.7 Å². The van der Waals surface area contributed by atoms with E-state index in [0.717, 1.165) is 0 Å². The molecular formula is C4H16P2. The molecule has 0 aromatic heterocycles. The number of hydrogen-bond donors (Lipinski definition) is 0. The van der Waals surface area contributed by atoms with Gasteiger partial charge in [-0.05, 0) is 0 Å². The van der Waals surface area contributed by atoms with E-state index in [-0.39, 0.29) is 9.90 Å². The van der Waals surface area contributed by atoms with Gasteiger partial charge < -0.3 is 0 Å². The molecule has 0 aliphatic rings. The molecule has 0 radical (unpaired) electrons. The van der Waals surface area contributed by atoms with Crippen LogP contribution in [0.3, 0.4) is 0 Å². The summed E-state index contributed by atoms with van der Waals surface area (Å²) < 4.78 is 0. The van der Waals surface area contributed by atoms with Crippen LogP contribution in [0.15, 0.2) is 0 Å². The molecule has 0 saturated heterocycles. The third-order valence-electron chi connectivity index (χ3n) is 0. The van der Waals surface area contributed by atoms with Gasteiger partial charge in [0.15, 0.2) is 0 Å². The fourth-order valence-electron chi connectivity index (χ4n) is 0. The molecule has 0 saturated carbocycles. The zero-order valence-corrected chi connectivity index (χ0v) is 7.62. The van der Waals surface area contributed by atoms with Gasteiger partial charge in [-0.15, -0.1) is 0 Å². The molecule has 0 rings (SSSR count). The number of rotatable bonds is 0. The van der Waals surface area contributed by atoms with Gasteiger partial charge in [0.2, 0.25) is 0 Å². The van der Waals surface area contributed by atoms with Crippen LogP contribution >= 0.6 is 17.2 Å². The zero-order chi connectivity index (χ0) is 4.50. The van der Waals surface area contributed by atoms with Gasteiger partial charge in [0, 0.05) is 0 Å². The van der Waals surface area contributed by atoms with E-state index in [4.69, 9.17) is 0 Å². The van der Waals surface area contributed by atoms with Crippen LogP contribution in [0.1, 0.15) is 0 Å². The molecule has 0 heterocycles. The molecule has 0 spiro atoms. The smallest absolute Gasteiger partial charge is 0.153 e. The molecular weight excluding hydrogens is 110 g/mol. The Morgan fingerprint density at radius 3 is 0.833 bits per heavy atom. The van der Waals surface area contributed by atoms with Crippen LogP contribution in [0, 0.1) is 0 Å². The van der Waals surface area contributed by atoms with E-state index in [1.165, 1.54) is 0 Å². The first-order valence-corrected chi connectivity index (χ1v) is 6.00. The second-order valence-corrected chi connectivity index (χ2v) is 9.00. The first-order valence-electron chi connectivity index (χ1n) is 2.00. The molecule has 0 aromatic rings. The zero-order valence-electron chi connectivity index (χ0n) is 5.21. The minimum absolute atomic E-state index is 0. The minimum Gasteiger partial charge on any atom is -0.153 e. The van der Waals surface area contributed by atoms with Crippen LogP contribution in [0.4, 0.5) is 0 Å². The van der Waals surface area contributed by atoms with E-state index in [9.17, 15) is 0 Å². The normalized spacial score (nSPS) is 12.7. The van der Waals surface area contributed by atoms with Gasteiger partial charge in [0.25, 0.3) is 0 Å². The van der Waals surface area contributed by atoms with E-state index in [1.807, 2.05) is 0 Å². The summed E-state index contributed by atoms with van der Waals surface area (Å²) in [6, 6.07) is 0. The predicted octanol–water partition coefficient (Wildman–Crippen LogP) is 1.31. The summed E-state index contributed by atoms with van der Waals surface area (Å²) >= 11 is 0. The van der Waals surface area contributed by atoms with Gasteiger partial charge in [-0.2, -0.15) is 9.90 Å². The van der Waals surface area contributed by atoms with Crippen molar-refractivity contribution in [3.8, 4) is 0 Å². The maximum atomic E-state index is 2.33. The summed E-state index contributed by atoms with van der Waals surface area (Å²) in [5.74, 6) is 0. The first kappa shape index (κ1) is 9.97. The third-order valence-corrected chi connectivity index (χ3v) is 0. The fraction of sp³-hybridized carbons (Fsp3) is 1.00. The monoisotopic (exact) mass is 126 g/mol. The Labute approximate surface area is 44.7 Å². The van der Waals surface area contributed by atoms with Crippen LogP contribution in [-0.2, 0) is 0 Å². The first-order chi connectivity index (χ1) is 2.00. The Morgan fingerprint density at radius 1 is 0.833 bits per heavy atom. The molecule has 2 heteroatoms. The Kier molecular flexibility index (Phi) is 4.89. The van der Waals surface area contributed by atoms with Gasteiger partial charge in [0.1, 0.15) is 0 Å². The summed E-state index contributed by atoms with van der Waals surface area (Å²) in [6.07, 6.45) is 0. The summed E-state index contributed by atoms with van der Waals surface area (Å²) in [5.41, 5.74) is 0. The van der Waals surface area contributed by atoms with E-state index in [2.05, 4.69) is 26.7 Å². The molecule has 1 atom stereocenters. The largest absolute Gasteiger partial charge is 0.153 e. The summed E-state index contributed by atoms with van der Waals surface area (Å²) in [6.45, 7) is 9.31. The van der Waals surface area contributed by atoms with Crippen LogP contribution < -0.4 is 0 Å². The minimum atomic E-state index is -0.611. The van der Waals surface area contributed by atoms with E-state index >= 15 is 0 Å². The standard InChI is InChI=1S/C4H13P.H3P/c1-5(2,3)4;/h5H,1-4H3;1H3. The molecule has 0 nitrogen and oxygen atoms in total. The summed E-state index contributed by atoms with van der Waals surface area (Å²) in [4.78, 5) is 0. The molecule has 0 aromatic carbocycles. The van der Waals surface area contributed by atoms with Crippen LogP contribution in [0.2, 0.25) is 0 Å². The Bertz CT molecular complexity index is 21.0. The van der Waals surface area contributed by atoms with Crippen LogP contribution in [0.5, 0.6) is 0 Å². The predicted molar refractivity (Wildman–Crippen MR) is 43.1 cm³/mol. The Balaban J connectivity index is 0. The third kappa shape index (κ3) is 97.9. The van der Waals surface area contributed by atoms with Crippen molar-refractivity contribution < 1.29 is 0 Å². The maximum Gasteiger partial charge on any atom is -0.153 e. The summed E-state index contributed by atoms with van der Waals surface area (Å²) in [5, 5.41) is 0. The van der Waals surface area contributed by atoms with E-state index < -0.39 is 7.26 Å². The second-order valence-electron chi connectivity index (χ2n) is 3.00. The van der Waals surface area contributed by atoms with Crippen molar-refractivity contribution in [2.24, 2.45) is 0 Å². The fourth-order valence-corrected chi connectivity index (χ4v) is 0. The molecule has 1 unspecified atom stereocenters. The molecule has 6 heavy (non-hydrogen) atoms. The van der Waals surface area contributed by atoms with Crippen molar-refractivity contribution in [1.29, 1.82) is 0 Å². The Hall–Kier alpha value is 0.860. The van der Waals surface area contributed by atoms with Gasteiger partial charge in [0.05, 0.1) is 0 Å². The van der Waals surface area contributed by atoms with Crippen LogP contribution in [0.25, 0.3) is 0 Å². The Morgan fingerprint density at radius 2 is 0.833 bits per heavy atom. The summed E-state index contributed by atoms with van der Waals surface area (Å²) in [7, 11) is -0.611. The molecule has 42 valence electrons. The van der Waals surface area contributed by atoms with Gasteiger partial charge in [-0.25, -0.2) is 0 Å². The van der Waals surface area contributed by atoms with Gasteiger partial charge in [-0.1, -0.05) is 0 Å². The van der Waals surface area contributed by atoms with Crippen molar-refractivity contribution in [1.82, 2.24) is 0 Å². The van der Waals surface area contributed by atoms with Crippen molar-refractivity contribution in [3.63, 3.8) is 0 Å². The van der Waals surface area contributed by atoms with Crippen molar-refractivity contribution in [3.05, 3.63) is 0 Å². The molecule has 0 aliphatic carbocycles. The van der Waals surface area contributed by atoms with Gasteiger partial charge in [-0.3, -0.25) is 0 Å². The quantitative estimate of drug-likeness (QED) is 0.429. The molecule has 0 amide bonds. The average Bonchev–Trinajstić information content (AvgIpc) is 0.722. The van der Waals surface area contributed by atoms with E-state index in [1.54, 1.807) is 0 Å². The average molecular weight is 126 g/mol. The second kappa shape index (κ2) is 2.94. The SMILES string of the molecule is C[PH](C)(C)C.P. The molecule has 0 bridgehead atoms. The van der Waals surface area contributed by atoms with Gasteiger partial charge >= 0.3 is 33.9 Å². The molecule has 0 N–H and O–H groups in total. The van der Waals surface area contributed by atoms with Crippen molar-refractivity contribution >= 4 is 17.2 Å². The molecule has 0 fully saturated rings. The van der Waals surface area contributed by atoms with E-state index in [0.29, 0.717) is 0 Å². The number of hydrogen-bond acceptors (Lipinski definition) is 0. The topological polar surface area (TPSA) is 0 Å². The molecule has 0 aliphatic heterocycles.